The summed E-state index contributed by atoms with van der Waals surface area (Å²) in [7, 11) is 3.83. The SMILES string of the molecule is CCC(C)C(NC(=O)c1cccc(N(C)C)c1)C(=O)Nc1nc2ccccc2[nH]1. The van der Waals surface area contributed by atoms with Crippen LogP contribution < -0.4 is 15.5 Å². The summed E-state index contributed by atoms with van der Waals surface area (Å²) in [5, 5.41) is 5.70. The first-order chi connectivity index (χ1) is 13.9. The number of rotatable bonds is 7. The second-order valence-corrected chi connectivity index (χ2v) is 7.37. The van der Waals surface area contributed by atoms with Crippen molar-refractivity contribution in [1.29, 1.82) is 0 Å². The number of nitrogens with zero attached hydrogens (tertiary/aromatic N) is 2. The molecule has 0 bridgehead atoms. The number of aromatic amines is 1. The normalized spacial score (nSPS) is 13.0. The quantitative estimate of drug-likeness (QED) is 0.574. The molecule has 7 nitrogen and oxygen atoms in total. The van der Waals surface area contributed by atoms with Gasteiger partial charge in [0.1, 0.15) is 6.04 Å². The smallest absolute Gasteiger partial charge is 0.252 e. The van der Waals surface area contributed by atoms with Gasteiger partial charge in [-0.3, -0.25) is 14.9 Å². The first-order valence-electron chi connectivity index (χ1n) is 9.73. The van der Waals surface area contributed by atoms with Crippen LogP contribution in [0.15, 0.2) is 48.5 Å². The maximum Gasteiger partial charge on any atom is 0.252 e. The van der Waals surface area contributed by atoms with Crippen LogP contribution in [-0.2, 0) is 4.79 Å². The maximum absolute atomic E-state index is 12.9. The molecule has 0 aliphatic heterocycles. The number of benzene rings is 2. The fourth-order valence-corrected chi connectivity index (χ4v) is 3.06. The Bertz CT molecular complexity index is 978. The van der Waals surface area contributed by atoms with Gasteiger partial charge in [0.25, 0.3) is 5.91 Å². The third-order valence-electron chi connectivity index (χ3n) is 5.04. The van der Waals surface area contributed by atoms with Crippen molar-refractivity contribution in [3.05, 3.63) is 54.1 Å². The van der Waals surface area contributed by atoms with E-state index < -0.39 is 6.04 Å². The van der Waals surface area contributed by atoms with Crippen molar-refractivity contribution in [2.75, 3.05) is 24.3 Å². The summed E-state index contributed by atoms with van der Waals surface area (Å²) in [5.41, 5.74) is 3.05. The van der Waals surface area contributed by atoms with Crippen molar-refractivity contribution in [3.8, 4) is 0 Å². The van der Waals surface area contributed by atoms with Crippen molar-refractivity contribution >= 4 is 34.5 Å². The van der Waals surface area contributed by atoms with Gasteiger partial charge in [0.15, 0.2) is 0 Å². The minimum absolute atomic E-state index is 0.0413. The predicted molar refractivity (Wildman–Crippen MR) is 116 cm³/mol. The summed E-state index contributed by atoms with van der Waals surface area (Å²) in [4.78, 5) is 35.1. The Morgan fingerprint density at radius 3 is 2.59 bits per heavy atom. The highest BCUT2D eigenvalue weighted by atomic mass is 16.2. The average molecular weight is 393 g/mol. The molecule has 0 aliphatic carbocycles. The highest BCUT2D eigenvalue weighted by Crippen LogP contribution is 2.17. The first kappa shape index (κ1) is 20.4. The van der Waals surface area contributed by atoms with Crippen LogP contribution in [0.5, 0.6) is 0 Å². The van der Waals surface area contributed by atoms with Crippen LogP contribution in [0.1, 0.15) is 30.6 Å². The maximum atomic E-state index is 12.9. The third kappa shape index (κ3) is 4.74. The zero-order chi connectivity index (χ0) is 21.0. The molecule has 0 aliphatic rings. The molecule has 7 heteroatoms. The number of aromatic nitrogens is 2. The van der Waals surface area contributed by atoms with Crippen molar-refractivity contribution in [2.45, 2.75) is 26.3 Å². The van der Waals surface area contributed by atoms with Gasteiger partial charge in [-0.15, -0.1) is 0 Å². The monoisotopic (exact) mass is 393 g/mol. The van der Waals surface area contributed by atoms with E-state index in [1.165, 1.54) is 0 Å². The molecule has 29 heavy (non-hydrogen) atoms. The fourth-order valence-electron chi connectivity index (χ4n) is 3.06. The molecule has 3 rings (SSSR count). The van der Waals surface area contributed by atoms with Gasteiger partial charge in [-0.2, -0.15) is 0 Å². The lowest BCUT2D eigenvalue weighted by atomic mass is 9.98. The molecule has 2 atom stereocenters. The van der Waals surface area contributed by atoms with E-state index in [1.54, 1.807) is 12.1 Å². The number of amides is 2. The van der Waals surface area contributed by atoms with Gasteiger partial charge in [0, 0.05) is 25.3 Å². The second-order valence-electron chi connectivity index (χ2n) is 7.37. The zero-order valence-corrected chi connectivity index (χ0v) is 17.2. The summed E-state index contributed by atoms with van der Waals surface area (Å²) >= 11 is 0. The first-order valence-corrected chi connectivity index (χ1v) is 9.73. The van der Waals surface area contributed by atoms with Crippen LogP contribution >= 0.6 is 0 Å². The lowest BCUT2D eigenvalue weighted by Crippen LogP contribution is -2.47. The van der Waals surface area contributed by atoms with Crippen molar-refractivity contribution < 1.29 is 9.59 Å². The molecular weight excluding hydrogens is 366 g/mol. The molecule has 3 N–H and O–H groups in total. The minimum atomic E-state index is -0.677. The zero-order valence-electron chi connectivity index (χ0n) is 17.2. The topological polar surface area (TPSA) is 90.1 Å². The van der Waals surface area contributed by atoms with Gasteiger partial charge in [-0.05, 0) is 36.2 Å². The van der Waals surface area contributed by atoms with E-state index in [2.05, 4.69) is 20.6 Å². The Morgan fingerprint density at radius 1 is 1.14 bits per heavy atom. The highest BCUT2D eigenvalue weighted by molar-refractivity contribution is 6.01. The second kappa shape index (κ2) is 8.77. The van der Waals surface area contributed by atoms with Crippen LogP contribution in [0.3, 0.4) is 0 Å². The summed E-state index contributed by atoms with van der Waals surface area (Å²) in [6.45, 7) is 3.93. The molecule has 0 saturated carbocycles. The van der Waals surface area contributed by atoms with E-state index in [-0.39, 0.29) is 17.7 Å². The summed E-state index contributed by atoms with van der Waals surface area (Å²) < 4.78 is 0. The van der Waals surface area contributed by atoms with E-state index >= 15 is 0 Å². The van der Waals surface area contributed by atoms with Crippen molar-refractivity contribution in [1.82, 2.24) is 15.3 Å². The number of fused-ring (bicyclic) bond motifs is 1. The molecule has 152 valence electrons. The Labute approximate surface area is 170 Å². The van der Waals surface area contributed by atoms with Gasteiger partial charge in [0.2, 0.25) is 11.9 Å². The van der Waals surface area contributed by atoms with Crippen LogP contribution in [0.4, 0.5) is 11.6 Å². The fraction of sp³-hybridized carbons (Fsp3) is 0.318. The number of hydrogen-bond acceptors (Lipinski definition) is 4. The molecule has 0 fully saturated rings. The number of H-pyrrole nitrogens is 1. The molecule has 0 saturated heterocycles. The van der Waals surface area contributed by atoms with Gasteiger partial charge in [-0.25, -0.2) is 4.98 Å². The van der Waals surface area contributed by atoms with Crippen LogP contribution in [0.25, 0.3) is 11.0 Å². The molecule has 2 aromatic carbocycles. The number of para-hydroxylation sites is 2. The van der Waals surface area contributed by atoms with Crippen LogP contribution in [0, 0.1) is 5.92 Å². The number of hydrogen-bond donors (Lipinski definition) is 3. The Morgan fingerprint density at radius 2 is 1.90 bits per heavy atom. The molecule has 3 aromatic rings. The third-order valence-corrected chi connectivity index (χ3v) is 5.04. The Kier molecular flexibility index (Phi) is 6.16. The lowest BCUT2D eigenvalue weighted by molar-refractivity contribution is -0.119. The van der Waals surface area contributed by atoms with Crippen LogP contribution in [0.2, 0.25) is 0 Å². The predicted octanol–water partition coefficient (Wildman–Crippen LogP) is 3.41. The summed E-state index contributed by atoms with van der Waals surface area (Å²) in [5.74, 6) is -0.247. The van der Waals surface area contributed by atoms with E-state index in [4.69, 9.17) is 0 Å². The minimum Gasteiger partial charge on any atom is -0.378 e. The number of anilines is 2. The molecule has 2 unspecified atom stereocenters. The van der Waals surface area contributed by atoms with Gasteiger partial charge >= 0.3 is 0 Å². The van der Waals surface area contributed by atoms with E-state index in [1.807, 2.05) is 69.2 Å². The molecule has 0 radical (unpaired) electrons. The van der Waals surface area contributed by atoms with Crippen molar-refractivity contribution in [2.24, 2.45) is 5.92 Å². The molecule has 0 spiro atoms. The number of nitrogens with one attached hydrogen (secondary N) is 3. The van der Waals surface area contributed by atoms with E-state index in [0.717, 1.165) is 23.1 Å². The number of imidazole rings is 1. The molecular formula is C22H27N5O2. The molecule has 1 heterocycles. The van der Waals surface area contributed by atoms with Gasteiger partial charge < -0.3 is 15.2 Å². The van der Waals surface area contributed by atoms with Crippen LogP contribution in [-0.4, -0.2) is 41.9 Å². The average Bonchev–Trinajstić information content (AvgIpc) is 3.13. The largest absolute Gasteiger partial charge is 0.378 e. The van der Waals surface area contributed by atoms with Crippen molar-refractivity contribution in [3.63, 3.8) is 0 Å². The summed E-state index contributed by atoms with van der Waals surface area (Å²) in [6, 6.07) is 14.2. The van der Waals surface area contributed by atoms with Gasteiger partial charge in [0.05, 0.1) is 11.0 Å². The Hall–Kier alpha value is -3.35. The highest BCUT2D eigenvalue weighted by Gasteiger charge is 2.27. The van der Waals surface area contributed by atoms with Gasteiger partial charge in [-0.1, -0.05) is 38.5 Å². The molecule has 1 aromatic heterocycles. The summed E-state index contributed by atoms with van der Waals surface area (Å²) in [6.07, 6.45) is 0.746. The molecule has 2 amide bonds. The number of carbonyl (C=O) groups excluding carboxylic acids is 2. The van der Waals surface area contributed by atoms with E-state index in [9.17, 15) is 9.59 Å². The Balaban J connectivity index is 1.77. The van der Waals surface area contributed by atoms with E-state index in [0.29, 0.717) is 11.5 Å². The number of carbonyl (C=O) groups is 2. The lowest BCUT2D eigenvalue weighted by Gasteiger charge is -2.23. The standard InChI is InChI=1S/C22H27N5O2/c1-5-14(2)19(25-20(28)15-9-8-10-16(13-15)27(3)4)21(29)26-22-23-17-11-6-7-12-18(17)24-22/h6-14,19H,5H2,1-4H3,(H,25,28)(H2,23,24,26,29).